The summed E-state index contributed by atoms with van der Waals surface area (Å²) < 4.78 is 10.6. The van der Waals surface area contributed by atoms with E-state index < -0.39 is 5.97 Å². The summed E-state index contributed by atoms with van der Waals surface area (Å²) in [6, 6.07) is 5.04. The molecule has 6 heteroatoms. The molecule has 0 spiro atoms. The molecular weight excluding hydrogens is 262 g/mol. The van der Waals surface area contributed by atoms with Crippen LogP contribution in [0, 0.1) is 0 Å². The van der Waals surface area contributed by atoms with E-state index in [4.69, 9.17) is 14.6 Å². The second-order valence-electron chi connectivity index (χ2n) is 3.85. The van der Waals surface area contributed by atoms with Crippen molar-refractivity contribution in [3.05, 3.63) is 29.8 Å². The number of ether oxygens (including phenoxy) is 2. The van der Waals surface area contributed by atoms with Crippen LogP contribution in [0.15, 0.2) is 24.3 Å². The van der Waals surface area contributed by atoms with Crippen molar-refractivity contribution in [1.29, 1.82) is 0 Å². The van der Waals surface area contributed by atoms with Crippen LogP contribution in [-0.2, 0) is 9.59 Å². The number of carboxylic acid groups (broad SMARTS) is 1. The summed E-state index contributed by atoms with van der Waals surface area (Å²) in [6.07, 6.45) is 2.75. The molecular formula is C14H17NO5. The standard InChI is InChI=1S/C14H17NO5/c1-15-13(16)7-8-20-11-5-3-10(4-6-14(17)18)9-12(11)19-2/h3-6,9H,7-8H2,1-2H3,(H,15,16)(H,17,18). The zero-order valence-corrected chi connectivity index (χ0v) is 11.4. The largest absolute Gasteiger partial charge is 0.493 e. The van der Waals surface area contributed by atoms with Gasteiger partial charge in [0, 0.05) is 13.1 Å². The van der Waals surface area contributed by atoms with Crippen LogP contribution in [0.5, 0.6) is 11.5 Å². The van der Waals surface area contributed by atoms with Gasteiger partial charge < -0.3 is 19.9 Å². The van der Waals surface area contributed by atoms with Crippen molar-refractivity contribution < 1.29 is 24.2 Å². The summed E-state index contributed by atoms with van der Waals surface area (Å²) in [5.74, 6) is -0.141. The van der Waals surface area contributed by atoms with Gasteiger partial charge in [-0.2, -0.15) is 0 Å². The molecule has 2 N–H and O–H groups in total. The minimum atomic E-state index is -1.02. The second kappa shape index (κ2) is 7.83. The molecule has 0 bridgehead atoms. The molecule has 1 rings (SSSR count). The number of carboxylic acids is 1. The van der Waals surface area contributed by atoms with Crippen LogP contribution in [-0.4, -0.2) is 37.7 Å². The highest BCUT2D eigenvalue weighted by Crippen LogP contribution is 2.28. The predicted molar refractivity (Wildman–Crippen MR) is 73.8 cm³/mol. The van der Waals surface area contributed by atoms with E-state index in [0.717, 1.165) is 6.08 Å². The minimum Gasteiger partial charge on any atom is -0.493 e. The summed E-state index contributed by atoms with van der Waals surface area (Å²) in [7, 11) is 3.05. The molecule has 1 amide bonds. The number of hydrogen-bond acceptors (Lipinski definition) is 4. The highest BCUT2D eigenvalue weighted by atomic mass is 16.5. The molecule has 1 aromatic carbocycles. The lowest BCUT2D eigenvalue weighted by Gasteiger charge is -2.11. The highest BCUT2D eigenvalue weighted by Gasteiger charge is 2.06. The molecule has 0 aliphatic heterocycles. The van der Waals surface area contributed by atoms with Crippen LogP contribution < -0.4 is 14.8 Å². The normalized spacial score (nSPS) is 10.3. The average molecular weight is 279 g/mol. The molecule has 0 fully saturated rings. The fraction of sp³-hybridized carbons (Fsp3) is 0.286. The monoisotopic (exact) mass is 279 g/mol. The Morgan fingerprint density at radius 2 is 2.10 bits per heavy atom. The van der Waals surface area contributed by atoms with E-state index in [-0.39, 0.29) is 18.9 Å². The Hall–Kier alpha value is -2.50. The van der Waals surface area contributed by atoms with Gasteiger partial charge in [-0.15, -0.1) is 0 Å². The molecule has 1 aromatic rings. The molecule has 0 unspecified atom stereocenters. The molecule has 0 aliphatic carbocycles. The van der Waals surface area contributed by atoms with Gasteiger partial charge in [-0.3, -0.25) is 4.79 Å². The van der Waals surface area contributed by atoms with Crippen molar-refractivity contribution in [2.75, 3.05) is 20.8 Å². The van der Waals surface area contributed by atoms with Gasteiger partial charge >= 0.3 is 5.97 Å². The molecule has 0 aliphatic rings. The maximum absolute atomic E-state index is 11.1. The number of nitrogens with one attached hydrogen (secondary N) is 1. The Kier molecular flexibility index (Phi) is 6.09. The van der Waals surface area contributed by atoms with E-state index in [9.17, 15) is 9.59 Å². The van der Waals surface area contributed by atoms with Gasteiger partial charge in [0.05, 0.1) is 20.1 Å². The predicted octanol–water partition coefficient (Wildman–Crippen LogP) is 1.31. The van der Waals surface area contributed by atoms with Gasteiger partial charge in [0.25, 0.3) is 0 Å². The van der Waals surface area contributed by atoms with Crippen LogP contribution in [0.2, 0.25) is 0 Å². The van der Waals surface area contributed by atoms with Crippen molar-refractivity contribution in [2.24, 2.45) is 0 Å². The average Bonchev–Trinajstić information content (AvgIpc) is 2.45. The number of aliphatic carboxylic acids is 1. The first-order chi connectivity index (χ1) is 9.56. The SMILES string of the molecule is CNC(=O)CCOc1ccc(C=CC(=O)O)cc1OC. The van der Waals surface area contributed by atoms with Crippen molar-refractivity contribution in [3.63, 3.8) is 0 Å². The van der Waals surface area contributed by atoms with Gasteiger partial charge in [-0.05, 0) is 23.8 Å². The molecule has 0 radical (unpaired) electrons. The third kappa shape index (κ3) is 5.01. The van der Waals surface area contributed by atoms with Gasteiger partial charge in [-0.1, -0.05) is 6.07 Å². The molecule has 0 saturated carbocycles. The van der Waals surface area contributed by atoms with E-state index in [0.29, 0.717) is 17.1 Å². The van der Waals surface area contributed by atoms with Gasteiger partial charge in [0.2, 0.25) is 5.91 Å². The number of carbonyl (C=O) groups excluding carboxylic acids is 1. The molecule has 108 valence electrons. The highest BCUT2D eigenvalue weighted by molar-refractivity contribution is 5.85. The third-order valence-electron chi connectivity index (χ3n) is 2.47. The van der Waals surface area contributed by atoms with E-state index in [1.165, 1.54) is 13.2 Å². The first-order valence-electron chi connectivity index (χ1n) is 5.99. The van der Waals surface area contributed by atoms with Crippen LogP contribution in [0.1, 0.15) is 12.0 Å². The number of hydrogen-bond donors (Lipinski definition) is 2. The topological polar surface area (TPSA) is 84.9 Å². The zero-order chi connectivity index (χ0) is 15.0. The Bertz CT molecular complexity index is 510. The van der Waals surface area contributed by atoms with Crippen molar-refractivity contribution >= 4 is 18.0 Å². The summed E-state index contributed by atoms with van der Waals surface area (Å²) >= 11 is 0. The molecule has 6 nitrogen and oxygen atoms in total. The summed E-state index contributed by atoms with van der Waals surface area (Å²) in [6.45, 7) is 0.236. The summed E-state index contributed by atoms with van der Waals surface area (Å²) in [5.41, 5.74) is 0.683. The van der Waals surface area contributed by atoms with E-state index in [2.05, 4.69) is 5.32 Å². The number of methoxy groups -OCH3 is 1. The maximum Gasteiger partial charge on any atom is 0.328 e. The first kappa shape index (κ1) is 15.6. The maximum atomic E-state index is 11.1. The number of rotatable bonds is 7. The smallest absolute Gasteiger partial charge is 0.328 e. The number of carbonyl (C=O) groups is 2. The Balaban J connectivity index is 2.72. The number of amides is 1. The van der Waals surface area contributed by atoms with Crippen LogP contribution in [0.3, 0.4) is 0 Å². The van der Waals surface area contributed by atoms with Crippen LogP contribution in [0.25, 0.3) is 6.08 Å². The Morgan fingerprint density at radius 1 is 1.35 bits per heavy atom. The molecule has 0 atom stereocenters. The van der Waals surface area contributed by atoms with E-state index in [1.54, 1.807) is 25.2 Å². The zero-order valence-electron chi connectivity index (χ0n) is 11.4. The molecule has 0 heterocycles. The lowest BCUT2D eigenvalue weighted by Crippen LogP contribution is -2.20. The lowest BCUT2D eigenvalue weighted by atomic mass is 10.2. The lowest BCUT2D eigenvalue weighted by molar-refractivity contribution is -0.131. The van der Waals surface area contributed by atoms with Crippen LogP contribution in [0.4, 0.5) is 0 Å². The summed E-state index contributed by atoms with van der Waals surface area (Å²) in [4.78, 5) is 21.5. The first-order valence-corrected chi connectivity index (χ1v) is 5.99. The fourth-order valence-corrected chi connectivity index (χ4v) is 1.45. The Labute approximate surface area is 117 Å². The van der Waals surface area contributed by atoms with Gasteiger partial charge in [0.15, 0.2) is 11.5 Å². The van der Waals surface area contributed by atoms with E-state index in [1.807, 2.05) is 0 Å². The van der Waals surface area contributed by atoms with E-state index >= 15 is 0 Å². The Morgan fingerprint density at radius 3 is 2.70 bits per heavy atom. The van der Waals surface area contributed by atoms with Gasteiger partial charge in [-0.25, -0.2) is 4.79 Å². The van der Waals surface area contributed by atoms with Crippen molar-refractivity contribution in [1.82, 2.24) is 5.32 Å². The third-order valence-corrected chi connectivity index (χ3v) is 2.47. The molecule has 0 aromatic heterocycles. The molecule has 0 saturated heterocycles. The molecule has 20 heavy (non-hydrogen) atoms. The van der Waals surface area contributed by atoms with Crippen molar-refractivity contribution in [2.45, 2.75) is 6.42 Å². The fourth-order valence-electron chi connectivity index (χ4n) is 1.45. The minimum absolute atomic E-state index is 0.107. The van der Waals surface area contributed by atoms with Crippen molar-refractivity contribution in [3.8, 4) is 11.5 Å². The van der Waals surface area contributed by atoms with Crippen LogP contribution >= 0.6 is 0 Å². The van der Waals surface area contributed by atoms with Gasteiger partial charge in [0.1, 0.15) is 0 Å². The second-order valence-corrected chi connectivity index (χ2v) is 3.85. The quantitative estimate of drug-likeness (QED) is 0.735. The number of benzene rings is 1. The summed E-state index contributed by atoms with van der Waals surface area (Å²) in [5, 5.41) is 11.1.